The summed E-state index contributed by atoms with van der Waals surface area (Å²) in [4.78, 5) is 18.5. The van der Waals surface area contributed by atoms with E-state index < -0.39 is 4.92 Å². The molecule has 0 atom stereocenters. The normalized spacial score (nSPS) is 10.2. The summed E-state index contributed by atoms with van der Waals surface area (Å²) in [6.45, 7) is 0. The van der Waals surface area contributed by atoms with Crippen LogP contribution in [0.15, 0.2) is 29.4 Å². The van der Waals surface area contributed by atoms with E-state index >= 15 is 0 Å². The predicted molar refractivity (Wildman–Crippen MR) is 78.5 cm³/mol. The fourth-order valence-corrected chi connectivity index (χ4v) is 2.11. The van der Waals surface area contributed by atoms with Crippen LogP contribution in [0, 0.1) is 10.1 Å². The third-order valence-corrected chi connectivity index (χ3v) is 3.14. The Hall–Kier alpha value is -2.06. The van der Waals surface area contributed by atoms with E-state index in [2.05, 4.69) is 9.97 Å². The number of hydrogen-bond acceptors (Lipinski definition) is 7. The summed E-state index contributed by atoms with van der Waals surface area (Å²) < 4.78 is 10.4. The van der Waals surface area contributed by atoms with Gasteiger partial charge in [-0.1, -0.05) is 23.4 Å². The highest BCUT2D eigenvalue weighted by Crippen LogP contribution is 2.33. The van der Waals surface area contributed by atoms with Gasteiger partial charge in [0.1, 0.15) is 10.9 Å². The molecule has 1 aromatic heterocycles. The van der Waals surface area contributed by atoms with Crippen molar-refractivity contribution in [1.29, 1.82) is 0 Å². The van der Waals surface area contributed by atoms with E-state index in [0.717, 1.165) is 0 Å². The second-order valence-corrected chi connectivity index (χ2v) is 4.87. The maximum absolute atomic E-state index is 11.0. The number of nitrogens with zero attached hydrogens (tertiary/aromatic N) is 3. The lowest BCUT2D eigenvalue weighted by Gasteiger charge is -2.07. The molecule has 21 heavy (non-hydrogen) atoms. The first-order valence-corrected chi connectivity index (χ1v) is 7.22. The molecule has 0 saturated heterocycles. The molecule has 110 valence electrons. The molecule has 1 aromatic carbocycles. The summed E-state index contributed by atoms with van der Waals surface area (Å²) in [7, 11) is 1.36. The molecule has 0 aliphatic carbocycles. The molecular weight excluding hydrogens is 318 g/mol. The van der Waals surface area contributed by atoms with Crippen LogP contribution in [0.5, 0.6) is 17.4 Å². The highest BCUT2D eigenvalue weighted by molar-refractivity contribution is 7.98. The highest BCUT2D eigenvalue weighted by Gasteiger charge is 2.16. The molecule has 0 spiro atoms. The Morgan fingerprint density at radius 3 is 2.71 bits per heavy atom. The van der Waals surface area contributed by atoms with Crippen LogP contribution in [-0.4, -0.2) is 28.3 Å². The number of nitro benzene ring substituents is 1. The van der Waals surface area contributed by atoms with Crippen molar-refractivity contribution in [2.45, 2.75) is 5.16 Å². The second kappa shape index (κ2) is 6.59. The number of hydrogen-bond donors (Lipinski definition) is 0. The largest absolute Gasteiger partial charge is 0.490 e. The molecule has 0 radical (unpaired) electrons. The molecule has 0 aliphatic heterocycles. The molecule has 0 amide bonds. The molecule has 0 saturated carbocycles. The molecule has 1 heterocycles. The molecule has 9 heteroatoms. The van der Waals surface area contributed by atoms with Gasteiger partial charge in [0, 0.05) is 6.07 Å². The molecule has 0 bridgehead atoms. The van der Waals surface area contributed by atoms with Gasteiger partial charge in [-0.15, -0.1) is 0 Å². The molecule has 2 rings (SSSR count). The van der Waals surface area contributed by atoms with Crippen molar-refractivity contribution in [3.63, 3.8) is 0 Å². The van der Waals surface area contributed by atoms with Crippen LogP contribution >= 0.6 is 23.4 Å². The van der Waals surface area contributed by atoms with Crippen molar-refractivity contribution in [3.05, 3.63) is 39.5 Å². The Balaban J connectivity index is 2.33. The summed E-state index contributed by atoms with van der Waals surface area (Å²) >= 11 is 7.16. The average Bonchev–Trinajstić information content (AvgIpc) is 2.46. The number of thioether (sulfide) groups is 1. The predicted octanol–water partition coefficient (Wildman–Crippen LogP) is 3.56. The minimum Gasteiger partial charge on any atom is -0.490 e. The zero-order chi connectivity index (χ0) is 15.4. The standard InChI is InChI=1S/C12H10ClN3O4S/c1-19-9-4-3-7(5-8(9)16(17)18)20-11-6-10(13)14-12(15-11)21-2/h3-6H,1-2H3. The minimum absolute atomic E-state index is 0.151. The zero-order valence-electron chi connectivity index (χ0n) is 11.1. The van der Waals surface area contributed by atoms with Crippen molar-refractivity contribution in [2.75, 3.05) is 13.4 Å². The number of methoxy groups -OCH3 is 1. The Morgan fingerprint density at radius 2 is 2.10 bits per heavy atom. The summed E-state index contributed by atoms with van der Waals surface area (Å²) in [6, 6.07) is 5.68. The van der Waals surface area contributed by atoms with Crippen molar-refractivity contribution in [3.8, 4) is 17.4 Å². The van der Waals surface area contributed by atoms with E-state index in [4.69, 9.17) is 21.1 Å². The van der Waals surface area contributed by atoms with Crippen molar-refractivity contribution in [2.24, 2.45) is 0 Å². The van der Waals surface area contributed by atoms with Gasteiger partial charge in [0.15, 0.2) is 10.9 Å². The van der Waals surface area contributed by atoms with Crippen LogP contribution in [0.3, 0.4) is 0 Å². The van der Waals surface area contributed by atoms with Gasteiger partial charge in [-0.25, -0.2) is 4.98 Å². The van der Waals surface area contributed by atoms with Gasteiger partial charge in [-0.2, -0.15) is 4.98 Å². The van der Waals surface area contributed by atoms with E-state index in [1.165, 1.54) is 37.1 Å². The maximum atomic E-state index is 11.0. The van der Waals surface area contributed by atoms with E-state index in [0.29, 0.717) is 5.16 Å². The number of halogens is 1. The van der Waals surface area contributed by atoms with Gasteiger partial charge in [0.2, 0.25) is 5.88 Å². The van der Waals surface area contributed by atoms with Crippen LogP contribution in [0.1, 0.15) is 0 Å². The third kappa shape index (κ3) is 3.73. The van der Waals surface area contributed by atoms with Crippen molar-refractivity contribution < 1.29 is 14.4 Å². The molecule has 2 aromatic rings. The van der Waals surface area contributed by atoms with E-state index in [9.17, 15) is 10.1 Å². The van der Waals surface area contributed by atoms with Gasteiger partial charge in [-0.05, 0) is 18.4 Å². The lowest BCUT2D eigenvalue weighted by molar-refractivity contribution is -0.385. The molecule has 7 nitrogen and oxygen atoms in total. The van der Waals surface area contributed by atoms with Crippen molar-refractivity contribution >= 4 is 29.1 Å². The molecule has 0 fully saturated rings. The summed E-state index contributed by atoms with van der Waals surface area (Å²) in [6.07, 6.45) is 1.80. The topological polar surface area (TPSA) is 87.4 Å². The van der Waals surface area contributed by atoms with E-state index in [1.54, 1.807) is 12.3 Å². The smallest absolute Gasteiger partial charge is 0.314 e. The van der Waals surface area contributed by atoms with E-state index in [1.807, 2.05) is 0 Å². The first-order chi connectivity index (χ1) is 10.0. The number of nitro groups is 1. The van der Waals surface area contributed by atoms with Crippen LogP contribution in [0.4, 0.5) is 5.69 Å². The van der Waals surface area contributed by atoms with Crippen LogP contribution in [0.25, 0.3) is 0 Å². The van der Waals surface area contributed by atoms with Gasteiger partial charge < -0.3 is 9.47 Å². The van der Waals surface area contributed by atoms with Gasteiger partial charge in [0.25, 0.3) is 0 Å². The van der Waals surface area contributed by atoms with Crippen LogP contribution in [0.2, 0.25) is 5.15 Å². The fraction of sp³-hybridized carbons (Fsp3) is 0.167. The van der Waals surface area contributed by atoms with Crippen LogP contribution in [-0.2, 0) is 0 Å². The number of aromatic nitrogens is 2. The third-order valence-electron chi connectivity index (χ3n) is 2.40. The maximum Gasteiger partial charge on any atom is 0.314 e. The summed E-state index contributed by atoms with van der Waals surface area (Å²) in [5.41, 5.74) is -0.194. The van der Waals surface area contributed by atoms with Crippen LogP contribution < -0.4 is 9.47 Å². The molecule has 0 N–H and O–H groups in total. The number of rotatable bonds is 5. The SMILES string of the molecule is COc1ccc(Oc2cc(Cl)nc(SC)n2)cc1[N+](=O)[O-]. The lowest BCUT2D eigenvalue weighted by atomic mass is 10.3. The van der Waals surface area contributed by atoms with Crippen molar-refractivity contribution in [1.82, 2.24) is 9.97 Å². The van der Waals surface area contributed by atoms with Gasteiger partial charge in [0.05, 0.1) is 18.1 Å². The first-order valence-electron chi connectivity index (χ1n) is 5.62. The lowest BCUT2D eigenvalue weighted by Crippen LogP contribution is -1.96. The Labute approximate surface area is 129 Å². The molecule has 0 aliphatic rings. The number of ether oxygens (including phenoxy) is 2. The highest BCUT2D eigenvalue weighted by atomic mass is 35.5. The summed E-state index contributed by atoms with van der Waals surface area (Å²) in [5.74, 6) is 0.612. The Morgan fingerprint density at radius 1 is 1.33 bits per heavy atom. The van der Waals surface area contributed by atoms with E-state index in [-0.39, 0.29) is 28.2 Å². The summed E-state index contributed by atoms with van der Waals surface area (Å²) in [5, 5.41) is 11.6. The molecular formula is C12H10ClN3O4S. The Kier molecular flexibility index (Phi) is 4.81. The Bertz CT molecular complexity index is 684. The zero-order valence-corrected chi connectivity index (χ0v) is 12.6. The second-order valence-electron chi connectivity index (χ2n) is 3.71. The minimum atomic E-state index is -0.550. The fourth-order valence-electron chi connectivity index (χ4n) is 1.52. The first kappa shape index (κ1) is 15.3. The monoisotopic (exact) mass is 327 g/mol. The van der Waals surface area contributed by atoms with Gasteiger partial charge >= 0.3 is 5.69 Å². The quantitative estimate of drug-likeness (QED) is 0.273. The molecule has 0 unspecified atom stereocenters. The van der Waals surface area contributed by atoms with Gasteiger partial charge in [-0.3, -0.25) is 10.1 Å². The number of benzene rings is 1. The average molecular weight is 328 g/mol.